The summed E-state index contributed by atoms with van der Waals surface area (Å²) in [5.74, 6) is 0.884. The number of guanidine groups is 1. The molecule has 0 saturated heterocycles. The van der Waals surface area contributed by atoms with Gasteiger partial charge >= 0.3 is 0 Å². The monoisotopic (exact) mass is 432 g/mol. The van der Waals surface area contributed by atoms with E-state index < -0.39 is 0 Å². The Balaban J connectivity index is 0.00000484. The Morgan fingerprint density at radius 1 is 1.09 bits per heavy atom. The Labute approximate surface area is 157 Å². The number of carbonyl (C=O) groups is 1. The molecule has 0 aliphatic heterocycles. The Kier molecular flexibility index (Phi) is 11.5. The molecule has 1 rings (SSSR count). The molecule has 6 heteroatoms. The zero-order chi connectivity index (χ0) is 16.4. The van der Waals surface area contributed by atoms with Crippen LogP contribution in [0.1, 0.15) is 43.1 Å². The van der Waals surface area contributed by atoms with Gasteiger partial charge in [0.2, 0.25) is 0 Å². The molecule has 1 amide bonds. The first-order chi connectivity index (χ1) is 10.7. The van der Waals surface area contributed by atoms with Crippen LogP contribution < -0.4 is 10.6 Å². The van der Waals surface area contributed by atoms with Gasteiger partial charge in [-0.15, -0.1) is 24.0 Å². The minimum atomic E-state index is 0. The Morgan fingerprint density at radius 2 is 1.70 bits per heavy atom. The van der Waals surface area contributed by atoms with Gasteiger partial charge in [0.15, 0.2) is 5.96 Å². The van der Waals surface area contributed by atoms with Gasteiger partial charge in [0.25, 0.3) is 5.91 Å². The van der Waals surface area contributed by atoms with Crippen LogP contribution in [-0.2, 0) is 6.54 Å². The molecule has 0 unspecified atom stereocenters. The maximum Gasteiger partial charge on any atom is 0.253 e. The number of aliphatic imine (C=N–C) groups is 1. The standard InChI is InChI=1S/C17H28N4O.HI/c1-5-12-19-17(18-4)20-13-14-8-10-15(11-9-14)16(22)21(6-2)7-3;/h8-11H,5-7,12-13H2,1-4H3,(H2,18,19,20);1H. The first-order valence-corrected chi connectivity index (χ1v) is 7.98. The van der Waals surface area contributed by atoms with Crippen LogP contribution in [0.25, 0.3) is 0 Å². The molecule has 0 saturated carbocycles. The molecular weight excluding hydrogens is 403 g/mol. The number of hydrogen-bond acceptors (Lipinski definition) is 2. The molecule has 0 fully saturated rings. The molecule has 5 nitrogen and oxygen atoms in total. The molecule has 2 N–H and O–H groups in total. The van der Waals surface area contributed by atoms with Gasteiger partial charge in [-0.25, -0.2) is 0 Å². The van der Waals surface area contributed by atoms with Gasteiger partial charge in [-0.2, -0.15) is 0 Å². The molecule has 0 heterocycles. The van der Waals surface area contributed by atoms with Crippen LogP contribution in [-0.4, -0.2) is 43.4 Å². The van der Waals surface area contributed by atoms with Crippen molar-refractivity contribution < 1.29 is 4.79 Å². The zero-order valence-electron chi connectivity index (χ0n) is 14.6. The van der Waals surface area contributed by atoms with Crippen molar-refractivity contribution in [3.63, 3.8) is 0 Å². The lowest BCUT2D eigenvalue weighted by molar-refractivity contribution is 0.0773. The fraction of sp³-hybridized carbons (Fsp3) is 0.529. The fourth-order valence-corrected chi connectivity index (χ4v) is 2.11. The number of amides is 1. The summed E-state index contributed by atoms with van der Waals surface area (Å²) < 4.78 is 0. The molecule has 1 aromatic carbocycles. The maximum atomic E-state index is 12.2. The summed E-state index contributed by atoms with van der Waals surface area (Å²) in [6.45, 7) is 9.16. The van der Waals surface area contributed by atoms with Crippen LogP contribution in [0.2, 0.25) is 0 Å². The second-order valence-corrected chi connectivity index (χ2v) is 5.03. The van der Waals surface area contributed by atoms with Crippen LogP contribution in [0.15, 0.2) is 29.3 Å². The van der Waals surface area contributed by atoms with Gasteiger partial charge in [0.05, 0.1) is 0 Å². The lowest BCUT2D eigenvalue weighted by Crippen LogP contribution is -2.37. The smallest absolute Gasteiger partial charge is 0.253 e. The molecule has 0 aliphatic rings. The summed E-state index contributed by atoms with van der Waals surface area (Å²) in [5, 5.41) is 6.49. The van der Waals surface area contributed by atoms with E-state index in [4.69, 9.17) is 0 Å². The number of halogens is 1. The van der Waals surface area contributed by atoms with E-state index in [1.54, 1.807) is 7.05 Å². The average molecular weight is 432 g/mol. The first kappa shape index (κ1) is 21.7. The molecule has 130 valence electrons. The molecular formula is C17H29IN4O. The summed E-state index contributed by atoms with van der Waals surface area (Å²) in [4.78, 5) is 18.2. The van der Waals surface area contributed by atoms with Crippen molar-refractivity contribution in [2.45, 2.75) is 33.7 Å². The summed E-state index contributed by atoms with van der Waals surface area (Å²) in [5.41, 5.74) is 1.86. The minimum absolute atomic E-state index is 0. The van der Waals surface area contributed by atoms with E-state index in [0.29, 0.717) is 6.54 Å². The third-order valence-corrected chi connectivity index (χ3v) is 3.48. The molecule has 0 bridgehead atoms. The van der Waals surface area contributed by atoms with Crippen molar-refractivity contribution in [1.82, 2.24) is 15.5 Å². The zero-order valence-corrected chi connectivity index (χ0v) is 16.9. The van der Waals surface area contributed by atoms with Crippen molar-refractivity contribution in [2.75, 3.05) is 26.7 Å². The van der Waals surface area contributed by atoms with Gasteiger partial charge in [-0.05, 0) is 38.0 Å². The fourth-order valence-electron chi connectivity index (χ4n) is 2.11. The van der Waals surface area contributed by atoms with E-state index in [1.807, 2.05) is 43.0 Å². The molecule has 23 heavy (non-hydrogen) atoms. The largest absolute Gasteiger partial charge is 0.356 e. The highest BCUT2D eigenvalue weighted by atomic mass is 127. The molecule has 0 radical (unpaired) electrons. The van der Waals surface area contributed by atoms with E-state index >= 15 is 0 Å². The van der Waals surface area contributed by atoms with Crippen molar-refractivity contribution in [3.05, 3.63) is 35.4 Å². The highest BCUT2D eigenvalue weighted by molar-refractivity contribution is 14.0. The molecule has 0 aromatic heterocycles. The molecule has 0 aliphatic carbocycles. The van der Waals surface area contributed by atoms with Crippen LogP contribution >= 0.6 is 24.0 Å². The molecule has 1 aromatic rings. The van der Waals surface area contributed by atoms with E-state index in [-0.39, 0.29) is 29.9 Å². The van der Waals surface area contributed by atoms with Crippen LogP contribution in [0.5, 0.6) is 0 Å². The third kappa shape index (κ3) is 7.20. The molecule has 0 atom stereocenters. The number of benzene rings is 1. The van der Waals surface area contributed by atoms with Crippen LogP contribution in [0, 0.1) is 0 Å². The maximum absolute atomic E-state index is 12.2. The van der Waals surface area contributed by atoms with Gasteiger partial charge in [-0.1, -0.05) is 19.1 Å². The number of nitrogens with one attached hydrogen (secondary N) is 2. The van der Waals surface area contributed by atoms with E-state index in [2.05, 4.69) is 22.5 Å². The number of nitrogens with zero attached hydrogens (tertiary/aromatic N) is 2. The highest BCUT2D eigenvalue weighted by Crippen LogP contribution is 2.08. The van der Waals surface area contributed by atoms with Crippen molar-refractivity contribution >= 4 is 35.8 Å². The summed E-state index contributed by atoms with van der Waals surface area (Å²) >= 11 is 0. The Bertz CT molecular complexity index is 484. The minimum Gasteiger partial charge on any atom is -0.356 e. The number of hydrogen-bond donors (Lipinski definition) is 2. The highest BCUT2D eigenvalue weighted by Gasteiger charge is 2.11. The predicted molar refractivity (Wildman–Crippen MR) is 108 cm³/mol. The van der Waals surface area contributed by atoms with Gasteiger partial charge in [-0.3, -0.25) is 9.79 Å². The quantitative estimate of drug-likeness (QED) is 0.396. The van der Waals surface area contributed by atoms with E-state index in [9.17, 15) is 4.79 Å². The second kappa shape index (κ2) is 12.2. The molecule has 0 spiro atoms. The number of carbonyl (C=O) groups excluding carboxylic acids is 1. The van der Waals surface area contributed by atoms with Crippen molar-refractivity contribution in [2.24, 2.45) is 4.99 Å². The lowest BCUT2D eigenvalue weighted by atomic mass is 10.1. The first-order valence-electron chi connectivity index (χ1n) is 7.98. The summed E-state index contributed by atoms with van der Waals surface area (Å²) in [7, 11) is 1.76. The summed E-state index contributed by atoms with van der Waals surface area (Å²) in [6, 6.07) is 7.74. The summed E-state index contributed by atoms with van der Waals surface area (Å²) in [6.07, 6.45) is 1.06. The van der Waals surface area contributed by atoms with Gasteiger partial charge < -0.3 is 15.5 Å². The topological polar surface area (TPSA) is 56.7 Å². The normalized spacial score (nSPS) is 10.7. The second-order valence-electron chi connectivity index (χ2n) is 5.03. The van der Waals surface area contributed by atoms with E-state index in [1.165, 1.54) is 0 Å². The third-order valence-electron chi connectivity index (χ3n) is 3.48. The van der Waals surface area contributed by atoms with Crippen molar-refractivity contribution in [1.29, 1.82) is 0 Å². The predicted octanol–water partition coefficient (Wildman–Crippen LogP) is 2.86. The Morgan fingerprint density at radius 3 is 2.17 bits per heavy atom. The van der Waals surface area contributed by atoms with Gasteiger partial charge in [0, 0.05) is 38.8 Å². The number of rotatable bonds is 7. The SMILES string of the molecule is CCCNC(=NC)NCc1ccc(C(=O)N(CC)CC)cc1.I. The van der Waals surface area contributed by atoms with Crippen LogP contribution in [0.3, 0.4) is 0 Å². The van der Waals surface area contributed by atoms with Crippen LogP contribution in [0.4, 0.5) is 0 Å². The van der Waals surface area contributed by atoms with E-state index in [0.717, 1.165) is 43.1 Å². The van der Waals surface area contributed by atoms with Crippen molar-refractivity contribution in [3.8, 4) is 0 Å². The lowest BCUT2D eigenvalue weighted by Gasteiger charge is -2.18. The van der Waals surface area contributed by atoms with Gasteiger partial charge in [0.1, 0.15) is 0 Å². The average Bonchev–Trinajstić information content (AvgIpc) is 2.56. The Hall–Kier alpha value is -1.31.